The molecule has 2 unspecified atom stereocenters. The third-order valence-electron chi connectivity index (χ3n) is 4.80. The van der Waals surface area contributed by atoms with Gasteiger partial charge in [0, 0.05) is 23.7 Å². The highest BCUT2D eigenvalue weighted by molar-refractivity contribution is 5.48. The van der Waals surface area contributed by atoms with Crippen LogP contribution in [0.25, 0.3) is 0 Å². The van der Waals surface area contributed by atoms with Crippen LogP contribution < -0.4 is 5.32 Å². The Morgan fingerprint density at radius 2 is 1.95 bits per heavy atom. The molecule has 3 heteroatoms. The van der Waals surface area contributed by atoms with Gasteiger partial charge in [-0.05, 0) is 38.5 Å². The predicted molar refractivity (Wildman–Crippen MR) is 90.0 cm³/mol. The molecule has 0 aromatic carbocycles. The molecule has 1 aromatic rings. The minimum atomic E-state index is 0.461. The SMILES string of the molecule is CCNc1nc(C2CCCC(CC)C2)nc(C)c1C(C)C. The van der Waals surface area contributed by atoms with Crippen molar-refractivity contribution in [1.29, 1.82) is 0 Å². The van der Waals surface area contributed by atoms with Gasteiger partial charge >= 0.3 is 0 Å². The van der Waals surface area contributed by atoms with Crippen molar-refractivity contribution < 1.29 is 0 Å². The van der Waals surface area contributed by atoms with Gasteiger partial charge in [-0.15, -0.1) is 0 Å². The molecular formula is C18H31N3. The van der Waals surface area contributed by atoms with Gasteiger partial charge in [0.05, 0.1) is 0 Å². The van der Waals surface area contributed by atoms with Crippen LogP contribution in [0.1, 0.15) is 88.7 Å². The average Bonchev–Trinajstić information content (AvgIpc) is 2.46. The number of rotatable bonds is 5. The molecule has 1 heterocycles. The van der Waals surface area contributed by atoms with Crippen molar-refractivity contribution in [3.8, 4) is 0 Å². The van der Waals surface area contributed by atoms with Crippen LogP contribution in [-0.4, -0.2) is 16.5 Å². The number of anilines is 1. The van der Waals surface area contributed by atoms with Crippen molar-refractivity contribution in [3.63, 3.8) is 0 Å². The molecule has 0 radical (unpaired) electrons. The van der Waals surface area contributed by atoms with Crippen molar-refractivity contribution in [3.05, 3.63) is 17.1 Å². The van der Waals surface area contributed by atoms with Gasteiger partial charge < -0.3 is 5.32 Å². The van der Waals surface area contributed by atoms with Crippen molar-refractivity contribution in [2.24, 2.45) is 5.92 Å². The third-order valence-corrected chi connectivity index (χ3v) is 4.80. The molecule has 0 spiro atoms. The van der Waals surface area contributed by atoms with E-state index < -0.39 is 0 Å². The largest absolute Gasteiger partial charge is 0.370 e. The van der Waals surface area contributed by atoms with E-state index in [9.17, 15) is 0 Å². The second-order valence-electron chi connectivity index (χ2n) is 6.75. The fraction of sp³-hybridized carbons (Fsp3) is 0.778. The second kappa shape index (κ2) is 7.24. The van der Waals surface area contributed by atoms with Gasteiger partial charge in [0.1, 0.15) is 11.6 Å². The Labute approximate surface area is 130 Å². The van der Waals surface area contributed by atoms with Crippen LogP contribution in [0.4, 0.5) is 5.82 Å². The number of hydrogen-bond donors (Lipinski definition) is 1. The zero-order valence-electron chi connectivity index (χ0n) is 14.4. The Kier molecular flexibility index (Phi) is 5.60. The van der Waals surface area contributed by atoms with Crippen LogP contribution in [0.2, 0.25) is 0 Å². The zero-order valence-corrected chi connectivity index (χ0v) is 14.4. The lowest BCUT2D eigenvalue weighted by Gasteiger charge is -2.28. The summed E-state index contributed by atoms with van der Waals surface area (Å²) in [5, 5.41) is 3.45. The maximum absolute atomic E-state index is 4.91. The van der Waals surface area contributed by atoms with E-state index in [2.05, 4.69) is 39.9 Å². The van der Waals surface area contributed by atoms with E-state index in [1.54, 1.807) is 0 Å². The first-order valence-corrected chi connectivity index (χ1v) is 8.69. The molecule has 21 heavy (non-hydrogen) atoms. The van der Waals surface area contributed by atoms with Crippen LogP contribution in [0.3, 0.4) is 0 Å². The molecule has 1 fully saturated rings. The fourth-order valence-electron chi connectivity index (χ4n) is 3.68. The molecule has 2 rings (SSSR count). The molecule has 2 atom stereocenters. The van der Waals surface area contributed by atoms with Gasteiger partial charge in [-0.2, -0.15) is 0 Å². The van der Waals surface area contributed by atoms with Crippen LogP contribution >= 0.6 is 0 Å². The Balaban J connectivity index is 2.32. The molecule has 1 saturated carbocycles. The number of hydrogen-bond acceptors (Lipinski definition) is 3. The van der Waals surface area contributed by atoms with Crippen molar-refractivity contribution in [2.75, 3.05) is 11.9 Å². The van der Waals surface area contributed by atoms with E-state index >= 15 is 0 Å². The summed E-state index contributed by atoms with van der Waals surface area (Å²) in [7, 11) is 0. The second-order valence-corrected chi connectivity index (χ2v) is 6.75. The van der Waals surface area contributed by atoms with E-state index in [-0.39, 0.29) is 0 Å². The highest BCUT2D eigenvalue weighted by atomic mass is 15.0. The summed E-state index contributed by atoms with van der Waals surface area (Å²) < 4.78 is 0. The Morgan fingerprint density at radius 3 is 2.57 bits per heavy atom. The minimum Gasteiger partial charge on any atom is -0.370 e. The summed E-state index contributed by atoms with van der Waals surface area (Å²) in [6.07, 6.45) is 6.52. The van der Waals surface area contributed by atoms with Crippen LogP contribution in [0, 0.1) is 12.8 Å². The average molecular weight is 289 g/mol. The summed E-state index contributed by atoms with van der Waals surface area (Å²) in [6.45, 7) is 11.9. The summed E-state index contributed by atoms with van der Waals surface area (Å²) in [5.74, 6) is 4.02. The third kappa shape index (κ3) is 3.75. The lowest BCUT2D eigenvalue weighted by atomic mass is 9.79. The maximum Gasteiger partial charge on any atom is 0.134 e. The number of aryl methyl sites for hydroxylation is 1. The molecule has 118 valence electrons. The number of nitrogens with one attached hydrogen (secondary N) is 1. The lowest BCUT2D eigenvalue weighted by molar-refractivity contribution is 0.307. The smallest absolute Gasteiger partial charge is 0.134 e. The van der Waals surface area contributed by atoms with Gasteiger partial charge in [-0.25, -0.2) is 9.97 Å². The van der Waals surface area contributed by atoms with E-state index in [1.165, 1.54) is 37.7 Å². The summed E-state index contributed by atoms with van der Waals surface area (Å²) >= 11 is 0. The van der Waals surface area contributed by atoms with Gasteiger partial charge in [0.25, 0.3) is 0 Å². The maximum atomic E-state index is 4.91. The van der Waals surface area contributed by atoms with Crippen LogP contribution in [0.15, 0.2) is 0 Å². The van der Waals surface area contributed by atoms with E-state index in [4.69, 9.17) is 9.97 Å². The first-order chi connectivity index (χ1) is 10.1. The first kappa shape index (κ1) is 16.3. The van der Waals surface area contributed by atoms with E-state index in [0.717, 1.165) is 29.8 Å². The summed E-state index contributed by atoms with van der Waals surface area (Å²) in [5.41, 5.74) is 2.44. The van der Waals surface area contributed by atoms with E-state index in [1.807, 2.05) is 0 Å². The number of nitrogens with zero attached hydrogens (tertiary/aromatic N) is 2. The standard InChI is InChI=1S/C18H31N3/c1-6-14-9-8-10-15(11-14)17-20-13(5)16(12(3)4)18(21-17)19-7-2/h12,14-15H,6-11H2,1-5H3,(H,19,20,21). The molecule has 1 aliphatic rings. The Bertz CT molecular complexity index is 468. The molecule has 1 aromatic heterocycles. The fourth-order valence-corrected chi connectivity index (χ4v) is 3.68. The quantitative estimate of drug-likeness (QED) is 0.826. The molecular weight excluding hydrogens is 258 g/mol. The van der Waals surface area contributed by atoms with Gasteiger partial charge in [-0.3, -0.25) is 0 Å². The first-order valence-electron chi connectivity index (χ1n) is 8.69. The lowest BCUT2D eigenvalue weighted by Crippen LogP contribution is -2.18. The molecule has 0 bridgehead atoms. The van der Waals surface area contributed by atoms with Gasteiger partial charge in [0.2, 0.25) is 0 Å². The Hall–Kier alpha value is -1.12. The normalized spacial score (nSPS) is 22.6. The molecule has 0 saturated heterocycles. The predicted octanol–water partition coefficient (Wildman–Crippen LogP) is 5.02. The van der Waals surface area contributed by atoms with Gasteiger partial charge in [-0.1, -0.05) is 40.0 Å². The molecule has 0 amide bonds. The van der Waals surface area contributed by atoms with Crippen molar-refractivity contribution in [2.45, 2.75) is 78.6 Å². The van der Waals surface area contributed by atoms with Crippen molar-refractivity contribution >= 4 is 5.82 Å². The number of aromatic nitrogens is 2. The highest BCUT2D eigenvalue weighted by Gasteiger charge is 2.26. The van der Waals surface area contributed by atoms with Crippen LogP contribution in [-0.2, 0) is 0 Å². The van der Waals surface area contributed by atoms with Crippen molar-refractivity contribution in [1.82, 2.24) is 9.97 Å². The molecule has 1 N–H and O–H groups in total. The molecule has 3 nitrogen and oxygen atoms in total. The monoisotopic (exact) mass is 289 g/mol. The van der Waals surface area contributed by atoms with Gasteiger partial charge in [0.15, 0.2) is 0 Å². The highest BCUT2D eigenvalue weighted by Crippen LogP contribution is 2.37. The molecule has 0 aliphatic heterocycles. The topological polar surface area (TPSA) is 37.8 Å². The summed E-state index contributed by atoms with van der Waals surface area (Å²) in [6, 6.07) is 0. The Morgan fingerprint density at radius 1 is 1.19 bits per heavy atom. The minimum absolute atomic E-state index is 0.461. The van der Waals surface area contributed by atoms with E-state index in [0.29, 0.717) is 11.8 Å². The zero-order chi connectivity index (χ0) is 15.4. The van der Waals surface area contributed by atoms with Crippen LogP contribution in [0.5, 0.6) is 0 Å². The molecule has 1 aliphatic carbocycles. The summed E-state index contributed by atoms with van der Waals surface area (Å²) in [4.78, 5) is 9.79.